The van der Waals surface area contributed by atoms with Crippen molar-refractivity contribution in [3.63, 3.8) is 0 Å². The summed E-state index contributed by atoms with van der Waals surface area (Å²) in [6.45, 7) is 0.0679. The molecule has 0 aliphatic rings. The van der Waals surface area contributed by atoms with Crippen molar-refractivity contribution in [3.05, 3.63) is 124 Å². The maximum atomic E-state index is 13.2. The van der Waals surface area contributed by atoms with E-state index < -0.39 is 15.9 Å². The zero-order valence-corrected chi connectivity index (χ0v) is 21.3. The third-order valence-electron chi connectivity index (χ3n) is 5.53. The van der Waals surface area contributed by atoms with Crippen LogP contribution in [0.2, 0.25) is 5.02 Å². The second-order valence-electron chi connectivity index (χ2n) is 8.01. The predicted octanol–water partition coefficient (Wildman–Crippen LogP) is 5.31. The van der Waals surface area contributed by atoms with Gasteiger partial charge < -0.3 is 10.1 Å². The Kier molecular flexibility index (Phi) is 8.03. The Morgan fingerprint density at radius 2 is 1.51 bits per heavy atom. The molecule has 0 unspecified atom stereocenters. The minimum Gasteiger partial charge on any atom is -0.495 e. The summed E-state index contributed by atoms with van der Waals surface area (Å²) in [5, 5.41) is 3.04. The number of rotatable bonds is 9. The number of nitrogens with one attached hydrogen (secondary N) is 2. The molecule has 4 aromatic carbocycles. The summed E-state index contributed by atoms with van der Waals surface area (Å²) in [5.74, 6) is -0.836. The molecule has 0 saturated heterocycles. The number of carbonyl (C=O) groups excluding carboxylic acids is 2. The summed E-state index contributed by atoms with van der Waals surface area (Å²) < 4.78 is 33.9. The van der Waals surface area contributed by atoms with Gasteiger partial charge in [-0.3, -0.25) is 9.59 Å². The van der Waals surface area contributed by atoms with Crippen LogP contribution in [-0.2, 0) is 16.6 Å². The van der Waals surface area contributed by atoms with Crippen LogP contribution in [0.5, 0.6) is 5.75 Å². The standard InChI is InChI=1S/C28H23ClN2O5S/c1-36-25-15-12-21(16-26(25)37(34,35)30-18-19-8-4-2-5-9-19)28(33)31-24-14-13-22(29)17-23(24)27(32)20-10-6-3-7-11-20/h2-17,30H,18H2,1H3,(H,31,33). The quantitative estimate of drug-likeness (QED) is 0.283. The van der Waals surface area contributed by atoms with E-state index in [4.69, 9.17) is 16.3 Å². The number of ether oxygens (including phenoxy) is 1. The van der Waals surface area contributed by atoms with E-state index in [0.29, 0.717) is 10.6 Å². The molecule has 0 atom stereocenters. The Morgan fingerprint density at radius 3 is 2.19 bits per heavy atom. The fourth-order valence-corrected chi connectivity index (χ4v) is 5.02. The van der Waals surface area contributed by atoms with Crippen LogP contribution in [0.25, 0.3) is 0 Å². The highest BCUT2D eigenvalue weighted by molar-refractivity contribution is 7.89. The van der Waals surface area contributed by atoms with Gasteiger partial charge in [0.15, 0.2) is 5.78 Å². The number of methoxy groups -OCH3 is 1. The normalized spacial score (nSPS) is 11.1. The van der Waals surface area contributed by atoms with Crippen LogP contribution in [0.4, 0.5) is 5.69 Å². The fraction of sp³-hybridized carbons (Fsp3) is 0.0714. The van der Waals surface area contributed by atoms with E-state index in [-0.39, 0.29) is 39.8 Å². The van der Waals surface area contributed by atoms with Crippen LogP contribution >= 0.6 is 11.6 Å². The van der Waals surface area contributed by atoms with Gasteiger partial charge in [0.05, 0.1) is 12.8 Å². The molecule has 0 aliphatic carbocycles. The Hall–Kier alpha value is -3.98. The van der Waals surface area contributed by atoms with E-state index in [1.807, 2.05) is 18.2 Å². The van der Waals surface area contributed by atoms with E-state index in [1.165, 1.54) is 37.4 Å². The van der Waals surface area contributed by atoms with Crippen LogP contribution in [0.15, 0.2) is 102 Å². The van der Waals surface area contributed by atoms with Gasteiger partial charge in [0.2, 0.25) is 10.0 Å². The van der Waals surface area contributed by atoms with Crippen LogP contribution in [0, 0.1) is 0 Å². The molecule has 37 heavy (non-hydrogen) atoms. The van der Waals surface area contributed by atoms with Gasteiger partial charge in [0, 0.05) is 28.3 Å². The third-order valence-corrected chi connectivity index (χ3v) is 7.19. The summed E-state index contributed by atoms with van der Waals surface area (Å²) in [4.78, 5) is 26.1. The molecule has 0 aliphatic heterocycles. The molecule has 0 aromatic heterocycles. The smallest absolute Gasteiger partial charge is 0.255 e. The van der Waals surface area contributed by atoms with Crippen molar-refractivity contribution >= 4 is 39.0 Å². The molecule has 0 spiro atoms. The first-order chi connectivity index (χ1) is 17.8. The lowest BCUT2D eigenvalue weighted by Gasteiger charge is -2.14. The van der Waals surface area contributed by atoms with Gasteiger partial charge in [0.25, 0.3) is 5.91 Å². The number of anilines is 1. The maximum absolute atomic E-state index is 13.2. The molecular formula is C28H23ClN2O5S. The first-order valence-corrected chi connectivity index (χ1v) is 13.1. The highest BCUT2D eigenvalue weighted by atomic mass is 35.5. The number of hydrogen-bond donors (Lipinski definition) is 2. The molecule has 7 nitrogen and oxygen atoms in total. The highest BCUT2D eigenvalue weighted by Crippen LogP contribution is 2.27. The number of benzene rings is 4. The molecule has 4 rings (SSSR count). The zero-order valence-electron chi connectivity index (χ0n) is 19.8. The SMILES string of the molecule is COc1ccc(C(=O)Nc2ccc(Cl)cc2C(=O)c2ccccc2)cc1S(=O)(=O)NCc1ccccc1. The predicted molar refractivity (Wildman–Crippen MR) is 143 cm³/mol. The number of sulfonamides is 1. The fourth-order valence-electron chi connectivity index (χ4n) is 3.63. The van der Waals surface area contributed by atoms with Crippen molar-refractivity contribution in [2.24, 2.45) is 0 Å². The van der Waals surface area contributed by atoms with E-state index in [2.05, 4.69) is 10.0 Å². The third kappa shape index (κ3) is 6.24. The molecule has 0 bridgehead atoms. The van der Waals surface area contributed by atoms with Crippen molar-refractivity contribution in [2.75, 3.05) is 12.4 Å². The van der Waals surface area contributed by atoms with Crippen molar-refractivity contribution in [2.45, 2.75) is 11.4 Å². The van der Waals surface area contributed by atoms with E-state index >= 15 is 0 Å². The first-order valence-electron chi connectivity index (χ1n) is 11.2. The molecule has 0 fully saturated rings. The van der Waals surface area contributed by atoms with Crippen LogP contribution in [0.3, 0.4) is 0 Å². The van der Waals surface area contributed by atoms with E-state index in [1.54, 1.807) is 48.5 Å². The van der Waals surface area contributed by atoms with Gasteiger partial charge in [-0.2, -0.15) is 0 Å². The minimum absolute atomic E-state index is 0.0638. The molecule has 188 valence electrons. The van der Waals surface area contributed by atoms with Crippen molar-refractivity contribution in [1.29, 1.82) is 0 Å². The molecule has 0 heterocycles. The second-order valence-corrected chi connectivity index (χ2v) is 10.2. The Bertz CT molecular complexity index is 1540. The second kappa shape index (κ2) is 11.4. The largest absolute Gasteiger partial charge is 0.495 e. The average Bonchev–Trinajstić information content (AvgIpc) is 2.93. The molecule has 0 radical (unpaired) electrons. The van der Waals surface area contributed by atoms with E-state index in [9.17, 15) is 18.0 Å². The van der Waals surface area contributed by atoms with Crippen molar-refractivity contribution < 1.29 is 22.7 Å². The summed E-state index contributed by atoms with van der Waals surface area (Å²) in [6.07, 6.45) is 0. The lowest BCUT2D eigenvalue weighted by Crippen LogP contribution is -2.24. The van der Waals surface area contributed by atoms with Crippen LogP contribution in [0.1, 0.15) is 31.8 Å². The molecule has 2 N–H and O–H groups in total. The van der Waals surface area contributed by atoms with Gasteiger partial charge in [0.1, 0.15) is 10.6 Å². The van der Waals surface area contributed by atoms with Gasteiger partial charge in [-0.25, -0.2) is 13.1 Å². The number of halogens is 1. The lowest BCUT2D eigenvalue weighted by atomic mass is 10.0. The summed E-state index contributed by atoms with van der Waals surface area (Å²) in [5.41, 5.74) is 1.72. The molecule has 9 heteroatoms. The highest BCUT2D eigenvalue weighted by Gasteiger charge is 2.23. The summed E-state index contributed by atoms with van der Waals surface area (Å²) in [6, 6.07) is 26.3. The van der Waals surface area contributed by atoms with Crippen molar-refractivity contribution in [1.82, 2.24) is 4.72 Å². The van der Waals surface area contributed by atoms with Crippen LogP contribution < -0.4 is 14.8 Å². The number of ketones is 1. The van der Waals surface area contributed by atoms with Gasteiger partial charge in [-0.15, -0.1) is 0 Å². The van der Waals surface area contributed by atoms with E-state index in [0.717, 1.165) is 5.56 Å². The molecule has 1 amide bonds. The topological polar surface area (TPSA) is 102 Å². The first kappa shape index (κ1) is 26.1. The van der Waals surface area contributed by atoms with Gasteiger partial charge in [-0.1, -0.05) is 72.3 Å². The Morgan fingerprint density at radius 1 is 0.838 bits per heavy atom. The maximum Gasteiger partial charge on any atom is 0.255 e. The Labute approximate surface area is 220 Å². The monoisotopic (exact) mass is 534 g/mol. The molecular weight excluding hydrogens is 512 g/mol. The minimum atomic E-state index is -4.02. The molecule has 4 aromatic rings. The lowest BCUT2D eigenvalue weighted by molar-refractivity contribution is 0.102. The van der Waals surface area contributed by atoms with Crippen molar-refractivity contribution in [3.8, 4) is 5.75 Å². The summed E-state index contributed by atoms with van der Waals surface area (Å²) in [7, 11) is -2.67. The van der Waals surface area contributed by atoms with Crippen LogP contribution in [-0.4, -0.2) is 27.2 Å². The summed E-state index contributed by atoms with van der Waals surface area (Å²) >= 11 is 6.13. The number of hydrogen-bond acceptors (Lipinski definition) is 5. The van der Waals surface area contributed by atoms with Gasteiger partial charge in [-0.05, 0) is 42.0 Å². The molecule has 0 saturated carbocycles. The average molecular weight is 535 g/mol. The Balaban J connectivity index is 1.62. The number of amides is 1. The van der Waals surface area contributed by atoms with Gasteiger partial charge >= 0.3 is 0 Å². The zero-order chi connectivity index (χ0) is 26.4. The number of carbonyl (C=O) groups is 2.